The first-order chi connectivity index (χ1) is 9.37. The van der Waals surface area contributed by atoms with E-state index in [4.69, 9.17) is 4.74 Å². The van der Waals surface area contributed by atoms with E-state index >= 15 is 0 Å². The Kier molecular flexibility index (Phi) is 2.74. The van der Waals surface area contributed by atoms with Crippen molar-refractivity contribution in [1.29, 1.82) is 0 Å². The lowest BCUT2D eigenvalue weighted by Gasteiger charge is -2.21. The Balaban J connectivity index is 2.02. The second kappa shape index (κ2) is 4.23. The lowest BCUT2D eigenvalue weighted by molar-refractivity contribution is -0.140. The minimum Gasteiger partial charge on any atom is -0.487 e. The van der Waals surface area contributed by atoms with Crippen molar-refractivity contribution >= 4 is 11.9 Å². The molecule has 0 aromatic heterocycles. The number of carboxylic acid groups (broad SMARTS) is 1. The second-order valence-electron chi connectivity index (χ2n) is 6.07. The Bertz CT molecular complexity index is 594. The van der Waals surface area contributed by atoms with Gasteiger partial charge in [-0.3, -0.25) is 4.79 Å². The largest absolute Gasteiger partial charge is 0.487 e. The van der Waals surface area contributed by atoms with Crippen LogP contribution in [0.15, 0.2) is 18.2 Å². The van der Waals surface area contributed by atoms with E-state index in [1.807, 2.05) is 32.0 Å². The monoisotopic (exact) mass is 275 g/mol. The zero-order valence-electron chi connectivity index (χ0n) is 11.5. The SMILES string of the molecule is CC1(C)Cc2cccc(C3CC(=O)NC3C(=O)O)c2O1. The van der Waals surface area contributed by atoms with Gasteiger partial charge in [0, 0.05) is 24.3 Å². The molecule has 2 N–H and O–H groups in total. The first kappa shape index (κ1) is 13.0. The zero-order valence-corrected chi connectivity index (χ0v) is 11.5. The summed E-state index contributed by atoms with van der Waals surface area (Å²) in [5.41, 5.74) is 1.61. The van der Waals surface area contributed by atoms with Gasteiger partial charge in [-0.15, -0.1) is 0 Å². The smallest absolute Gasteiger partial charge is 0.326 e. The first-order valence-electron chi connectivity index (χ1n) is 6.70. The predicted molar refractivity (Wildman–Crippen MR) is 71.8 cm³/mol. The van der Waals surface area contributed by atoms with E-state index in [-0.39, 0.29) is 23.8 Å². The van der Waals surface area contributed by atoms with Crippen molar-refractivity contribution < 1.29 is 19.4 Å². The van der Waals surface area contributed by atoms with Gasteiger partial charge < -0.3 is 15.2 Å². The summed E-state index contributed by atoms with van der Waals surface area (Å²) in [5.74, 6) is -0.845. The summed E-state index contributed by atoms with van der Waals surface area (Å²) in [6, 6.07) is 4.89. The summed E-state index contributed by atoms with van der Waals surface area (Å²) in [5, 5.41) is 11.8. The van der Waals surface area contributed by atoms with Gasteiger partial charge in [-0.1, -0.05) is 18.2 Å². The van der Waals surface area contributed by atoms with Crippen molar-refractivity contribution in [2.45, 2.75) is 44.2 Å². The van der Waals surface area contributed by atoms with Crippen LogP contribution in [0.4, 0.5) is 0 Å². The Morgan fingerprint density at radius 2 is 2.20 bits per heavy atom. The predicted octanol–water partition coefficient (Wildman–Crippen LogP) is 1.46. The summed E-state index contributed by atoms with van der Waals surface area (Å²) in [6.07, 6.45) is 0.985. The molecule has 1 aromatic rings. The van der Waals surface area contributed by atoms with Gasteiger partial charge in [0.1, 0.15) is 17.4 Å². The highest BCUT2D eigenvalue weighted by Crippen LogP contribution is 2.43. The maximum absolute atomic E-state index is 11.6. The average molecular weight is 275 g/mol. The van der Waals surface area contributed by atoms with Crippen LogP contribution in [-0.2, 0) is 16.0 Å². The second-order valence-corrected chi connectivity index (χ2v) is 6.07. The van der Waals surface area contributed by atoms with Crippen molar-refractivity contribution in [3.05, 3.63) is 29.3 Å². The van der Waals surface area contributed by atoms with Crippen LogP contribution in [0.25, 0.3) is 0 Å². The molecular weight excluding hydrogens is 258 g/mol. The summed E-state index contributed by atoms with van der Waals surface area (Å²) in [4.78, 5) is 22.9. The molecule has 2 aliphatic rings. The number of para-hydroxylation sites is 1. The molecule has 2 atom stereocenters. The first-order valence-corrected chi connectivity index (χ1v) is 6.70. The number of carbonyl (C=O) groups is 2. The van der Waals surface area contributed by atoms with Crippen molar-refractivity contribution in [1.82, 2.24) is 5.32 Å². The highest BCUT2D eigenvalue weighted by Gasteiger charge is 2.42. The van der Waals surface area contributed by atoms with Gasteiger partial charge in [-0.25, -0.2) is 4.79 Å². The molecule has 5 heteroatoms. The molecule has 3 rings (SSSR count). The van der Waals surface area contributed by atoms with Crippen LogP contribution < -0.4 is 10.1 Å². The molecule has 0 saturated carbocycles. The number of fused-ring (bicyclic) bond motifs is 1. The zero-order chi connectivity index (χ0) is 14.5. The highest BCUT2D eigenvalue weighted by molar-refractivity contribution is 5.89. The number of hydrogen-bond donors (Lipinski definition) is 2. The number of ether oxygens (including phenoxy) is 1. The van der Waals surface area contributed by atoms with Gasteiger partial charge >= 0.3 is 5.97 Å². The number of hydrogen-bond acceptors (Lipinski definition) is 3. The molecule has 5 nitrogen and oxygen atoms in total. The molecule has 1 saturated heterocycles. The van der Waals surface area contributed by atoms with E-state index in [1.165, 1.54) is 0 Å². The molecule has 2 unspecified atom stereocenters. The van der Waals surface area contributed by atoms with Crippen LogP contribution in [0.3, 0.4) is 0 Å². The van der Waals surface area contributed by atoms with E-state index in [0.717, 1.165) is 23.3 Å². The van der Waals surface area contributed by atoms with Gasteiger partial charge in [0.05, 0.1) is 0 Å². The summed E-state index contributed by atoms with van der Waals surface area (Å²) >= 11 is 0. The molecule has 1 fully saturated rings. The Labute approximate surface area is 116 Å². The van der Waals surface area contributed by atoms with Gasteiger partial charge in [0.25, 0.3) is 0 Å². The molecule has 0 bridgehead atoms. The quantitative estimate of drug-likeness (QED) is 0.856. The lowest BCUT2D eigenvalue weighted by atomic mass is 9.89. The third-order valence-electron chi connectivity index (χ3n) is 3.91. The van der Waals surface area contributed by atoms with Gasteiger partial charge in [0.15, 0.2) is 0 Å². The molecule has 0 spiro atoms. The standard InChI is InChI=1S/C15H17NO4/c1-15(2)7-8-4-3-5-9(13(8)20-15)10-6-11(17)16-12(10)14(18)19/h3-5,10,12H,6-7H2,1-2H3,(H,16,17)(H,18,19). The van der Waals surface area contributed by atoms with Crippen LogP contribution in [0.2, 0.25) is 0 Å². The summed E-state index contributed by atoms with van der Waals surface area (Å²) in [7, 11) is 0. The lowest BCUT2D eigenvalue weighted by Crippen LogP contribution is -2.36. The van der Waals surface area contributed by atoms with Crippen LogP contribution in [0.5, 0.6) is 5.75 Å². The molecule has 1 amide bonds. The average Bonchev–Trinajstić information content (AvgIpc) is 2.86. The van der Waals surface area contributed by atoms with Gasteiger partial charge in [-0.05, 0) is 19.4 Å². The van der Waals surface area contributed by atoms with Crippen molar-refractivity contribution in [2.75, 3.05) is 0 Å². The number of benzene rings is 1. The van der Waals surface area contributed by atoms with Gasteiger partial charge in [-0.2, -0.15) is 0 Å². The van der Waals surface area contributed by atoms with E-state index in [0.29, 0.717) is 0 Å². The highest BCUT2D eigenvalue weighted by atomic mass is 16.5. The fraction of sp³-hybridized carbons (Fsp3) is 0.467. The third kappa shape index (κ3) is 2.03. The van der Waals surface area contributed by atoms with Crippen LogP contribution in [-0.4, -0.2) is 28.6 Å². The Morgan fingerprint density at radius 1 is 1.45 bits per heavy atom. The van der Waals surface area contributed by atoms with E-state index in [9.17, 15) is 14.7 Å². The fourth-order valence-corrected chi connectivity index (χ4v) is 3.11. The molecule has 2 heterocycles. The maximum atomic E-state index is 11.6. The minimum absolute atomic E-state index is 0.192. The van der Waals surface area contributed by atoms with Crippen molar-refractivity contribution in [3.8, 4) is 5.75 Å². The molecule has 20 heavy (non-hydrogen) atoms. The molecule has 0 radical (unpaired) electrons. The molecular formula is C15H17NO4. The normalized spacial score (nSPS) is 26.8. The number of amides is 1. The van der Waals surface area contributed by atoms with E-state index in [1.54, 1.807) is 0 Å². The minimum atomic E-state index is -1.00. The Morgan fingerprint density at radius 3 is 2.90 bits per heavy atom. The molecule has 0 aliphatic carbocycles. The number of nitrogens with one attached hydrogen (secondary N) is 1. The van der Waals surface area contributed by atoms with Crippen molar-refractivity contribution in [2.24, 2.45) is 0 Å². The summed E-state index contributed by atoms with van der Waals surface area (Å²) in [6.45, 7) is 4.01. The number of carboxylic acids is 1. The van der Waals surface area contributed by atoms with E-state index in [2.05, 4.69) is 5.32 Å². The van der Waals surface area contributed by atoms with Crippen molar-refractivity contribution in [3.63, 3.8) is 0 Å². The number of rotatable bonds is 2. The maximum Gasteiger partial charge on any atom is 0.326 e. The Hall–Kier alpha value is -2.04. The third-order valence-corrected chi connectivity index (χ3v) is 3.91. The molecule has 1 aromatic carbocycles. The van der Waals surface area contributed by atoms with Gasteiger partial charge in [0.2, 0.25) is 5.91 Å². The van der Waals surface area contributed by atoms with Crippen LogP contribution in [0.1, 0.15) is 37.3 Å². The number of carbonyl (C=O) groups excluding carboxylic acids is 1. The van der Waals surface area contributed by atoms with Crippen LogP contribution >= 0.6 is 0 Å². The van der Waals surface area contributed by atoms with E-state index < -0.39 is 12.0 Å². The summed E-state index contributed by atoms with van der Waals surface area (Å²) < 4.78 is 5.97. The fourth-order valence-electron chi connectivity index (χ4n) is 3.11. The topological polar surface area (TPSA) is 75.6 Å². The molecule has 106 valence electrons. The number of aliphatic carboxylic acids is 1. The molecule has 2 aliphatic heterocycles. The van der Waals surface area contributed by atoms with Crippen LogP contribution in [0, 0.1) is 0 Å².